The van der Waals surface area contributed by atoms with Gasteiger partial charge in [-0.3, -0.25) is 4.79 Å². The second-order valence-electron chi connectivity index (χ2n) is 6.47. The first-order valence-corrected chi connectivity index (χ1v) is 9.22. The molecule has 1 fully saturated rings. The lowest BCUT2D eigenvalue weighted by atomic mass is 9.99. The van der Waals surface area contributed by atoms with Crippen molar-refractivity contribution in [3.8, 4) is 0 Å². The van der Waals surface area contributed by atoms with E-state index in [1.807, 2.05) is 0 Å². The molecule has 0 saturated heterocycles. The predicted octanol–water partition coefficient (Wildman–Crippen LogP) is 4.72. The third-order valence-corrected chi connectivity index (χ3v) is 4.44. The molecule has 1 aliphatic carbocycles. The van der Waals surface area contributed by atoms with Crippen molar-refractivity contribution in [2.24, 2.45) is 5.73 Å². The minimum absolute atomic E-state index is 0.00381. The van der Waals surface area contributed by atoms with Crippen LogP contribution in [0.15, 0.2) is 0 Å². The van der Waals surface area contributed by atoms with Crippen LogP contribution in [-0.2, 0) is 9.53 Å². The van der Waals surface area contributed by atoms with E-state index in [1.54, 1.807) is 0 Å². The Morgan fingerprint density at radius 3 is 1.86 bits per heavy atom. The molecule has 0 aromatic carbocycles. The highest BCUT2D eigenvalue weighted by Gasteiger charge is 2.14. The van der Waals surface area contributed by atoms with Crippen LogP contribution in [0.5, 0.6) is 0 Å². The summed E-state index contributed by atoms with van der Waals surface area (Å²) in [5.41, 5.74) is 5.46. The number of ether oxygens (including phenoxy) is 1. The van der Waals surface area contributed by atoms with E-state index in [-0.39, 0.29) is 12.1 Å². The van der Waals surface area contributed by atoms with Crippen molar-refractivity contribution < 1.29 is 9.53 Å². The minimum atomic E-state index is 0.00381. The van der Waals surface area contributed by atoms with Crippen molar-refractivity contribution in [1.29, 1.82) is 0 Å². The molecule has 124 valence electrons. The van der Waals surface area contributed by atoms with Gasteiger partial charge in [0.2, 0.25) is 0 Å². The van der Waals surface area contributed by atoms with E-state index in [4.69, 9.17) is 10.5 Å². The summed E-state index contributed by atoms with van der Waals surface area (Å²) in [6, 6.07) is 0. The number of carbonyl (C=O) groups excluding carboxylic acids is 1. The average Bonchev–Trinajstić information content (AvgIpc) is 2.46. The molecule has 1 saturated carbocycles. The van der Waals surface area contributed by atoms with E-state index in [9.17, 15) is 4.79 Å². The summed E-state index contributed by atoms with van der Waals surface area (Å²) < 4.78 is 5.71. The largest absolute Gasteiger partial charge is 0.462 e. The van der Waals surface area contributed by atoms with Crippen molar-refractivity contribution in [1.82, 2.24) is 0 Å². The zero-order valence-corrected chi connectivity index (χ0v) is 13.8. The molecule has 0 amide bonds. The van der Waals surface area contributed by atoms with Gasteiger partial charge in [0.25, 0.3) is 0 Å². The molecule has 0 aromatic heterocycles. The smallest absolute Gasteiger partial charge is 0.306 e. The Hall–Kier alpha value is -0.570. The molecule has 3 nitrogen and oxygen atoms in total. The summed E-state index contributed by atoms with van der Waals surface area (Å²) in [5.74, 6) is 0.00381. The molecule has 1 rings (SSSR count). The Kier molecular flexibility index (Phi) is 11.5. The Morgan fingerprint density at radius 2 is 1.33 bits per heavy atom. The Morgan fingerprint density at radius 1 is 0.810 bits per heavy atom. The summed E-state index contributed by atoms with van der Waals surface area (Å²) in [7, 11) is 0. The first-order valence-electron chi connectivity index (χ1n) is 9.22. The number of unbranched alkanes of at least 4 members (excludes halogenated alkanes) is 2. The minimum Gasteiger partial charge on any atom is -0.462 e. The van der Waals surface area contributed by atoms with Gasteiger partial charge in [-0.2, -0.15) is 0 Å². The molecule has 0 aliphatic heterocycles. The van der Waals surface area contributed by atoms with Crippen molar-refractivity contribution >= 4 is 5.97 Å². The van der Waals surface area contributed by atoms with Crippen LogP contribution in [0.25, 0.3) is 0 Å². The van der Waals surface area contributed by atoms with Crippen molar-refractivity contribution in [2.75, 3.05) is 6.54 Å². The molecule has 1 aliphatic rings. The quantitative estimate of drug-likeness (QED) is 0.570. The molecule has 21 heavy (non-hydrogen) atoms. The maximum Gasteiger partial charge on any atom is 0.306 e. The van der Waals surface area contributed by atoms with Gasteiger partial charge in [0.05, 0.1) is 0 Å². The highest BCUT2D eigenvalue weighted by Crippen LogP contribution is 2.19. The van der Waals surface area contributed by atoms with Gasteiger partial charge in [0.1, 0.15) is 6.10 Å². The van der Waals surface area contributed by atoms with Gasteiger partial charge in [0, 0.05) is 6.42 Å². The number of hydrogen-bond donors (Lipinski definition) is 1. The van der Waals surface area contributed by atoms with Crippen LogP contribution in [0.1, 0.15) is 96.3 Å². The number of rotatable bonds is 6. The summed E-state index contributed by atoms with van der Waals surface area (Å²) in [5, 5.41) is 0. The summed E-state index contributed by atoms with van der Waals surface area (Å²) in [6.45, 7) is 0.720. The van der Waals surface area contributed by atoms with Crippen LogP contribution in [0.2, 0.25) is 0 Å². The maximum atomic E-state index is 11.9. The first kappa shape index (κ1) is 18.5. The molecule has 0 unspecified atom stereocenters. The molecule has 3 heteroatoms. The van der Waals surface area contributed by atoms with Gasteiger partial charge in [-0.05, 0) is 45.1 Å². The normalized spacial score (nSPS) is 19.5. The molecule has 0 aromatic rings. The van der Waals surface area contributed by atoms with Gasteiger partial charge in [0.15, 0.2) is 0 Å². The molecule has 0 radical (unpaired) electrons. The fourth-order valence-corrected chi connectivity index (χ4v) is 3.08. The number of carbonyl (C=O) groups is 1. The molecule has 0 heterocycles. The Labute approximate surface area is 131 Å². The number of esters is 1. The van der Waals surface area contributed by atoms with Crippen molar-refractivity contribution in [3.05, 3.63) is 0 Å². The lowest BCUT2D eigenvalue weighted by molar-refractivity contribution is -0.150. The highest BCUT2D eigenvalue weighted by atomic mass is 16.5. The third-order valence-electron chi connectivity index (χ3n) is 4.44. The summed E-state index contributed by atoms with van der Waals surface area (Å²) >= 11 is 0. The molecule has 0 bridgehead atoms. The molecular formula is C18H35NO2. The standard InChI is InChI=1S/C18H35NO2/c19-16-12-8-11-15-18(20)21-17-13-9-6-4-2-1-3-5-7-10-14-17/h17H,1-16,19H2. The monoisotopic (exact) mass is 297 g/mol. The summed E-state index contributed by atoms with van der Waals surface area (Å²) in [4.78, 5) is 11.9. The van der Waals surface area contributed by atoms with E-state index in [0.29, 0.717) is 6.42 Å². The van der Waals surface area contributed by atoms with E-state index in [0.717, 1.165) is 38.6 Å². The fraction of sp³-hybridized carbons (Fsp3) is 0.944. The van der Waals surface area contributed by atoms with Crippen LogP contribution in [0.4, 0.5) is 0 Å². The molecular weight excluding hydrogens is 262 g/mol. The van der Waals surface area contributed by atoms with Crippen LogP contribution in [-0.4, -0.2) is 18.6 Å². The Balaban J connectivity index is 2.22. The lowest BCUT2D eigenvalue weighted by Gasteiger charge is -2.18. The maximum absolute atomic E-state index is 11.9. The second kappa shape index (κ2) is 13.1. The van der Waals surface area contributed by atoms with Gasteiger partial charge in [-0.25, -0.2) is 0 Å². The average molecular weight is 297 g/mol. The zero-order valence-electron chi connectivity index (χ0n) is 13.8. The first-order chi connectivity index (χ1) is 10.3. The van der Waals surface area contributed by atoms with Gasteiger partial charge >= 0.3 is 5.97 Å². The van der Waals surface area contributed by atoms with Crippen LogP contribution in [0, 0.1) is 0 Å². The van der Waals surface area contributed by atoms with E-state index >= 15 is 0 Å². The van der Waals surface area contributed by atoms with Crippen molar-refractivity contribution in [2.45, 2.75) is 102 Å². The van der Waals surface area contributed by atoms with Gasteiger partial charge in [-0.1, -0.05) is 51.4 Å². The zero-order chi connectivity index (χ0) is 15.2. The number of nitrogens with two attached hydrogens (primary N) is 1. The van der Waals surface area contributed by atoms with E-state index in [2.05, 4.69) is 0 Å². The second-order valence-corrected chi connectivity index (χ2v) is 6.47. The van der Waals surface area contributed by atoms with Gasteiger partial charge < -0.3 is 10.5 Å². The van der Waals surface area contributed by atoms with Crippen LogP contribution in [0.3, 0.4) is 0 Å². The van der Waals surface area contributed by atoms with Crippen LogP contribution < -0.4 is 5.73 Å². The fourth-order valence-electron chi connectivity index (χ4n) is 3.08. The SMILES string of the molecule is NCCCCCC(=O)OC1CCCCCCCCCCC1. The van der Waals surface area contributed by atoms with Crippen molar-refractivity contribution in [3.63, 3.8) is 0 Å². The topological polar surface area (TPSA) is 52.3 Å². The lowest BCUT2D eigenvalue weighted by Crippen LogP contribution is -2.18. The molecule has 0 atom stereocenters. The summed E-state index contributed by atoms with van der Waals surface area (Å²) in [6.07, 6.45) is 17.7. The number of hydrogen-bond acceptors (Lipinski definition) is 3. The van der Waals surface area contributed by atoms with Crippen LogP contribution >= 0.6 is 0 Å². The van der Waals surface area contributed by atoms with E-state index < -0.39 is 0 Å². The Bertz CT molecular complexity index is 244. The van der Waals surface area contributed by atoms with E-state index in [1.165, 1.54) is 57.8 Å². The third kappa shape index (κ3) is 10.8. The highest BCUT2D eigenvalue weighted by molar-refractivity contribution is 5.69. The van der Waals surface area contributed by atoms with Gasteiger partial charge in [-0.15, -0.1) is 0 Å². The molecule has 2 N–H and O–H groups in total. The molecule has 0 spiro atoms. The predicted molar refractivity (Wildman–Crippen MR) is 88.2 cm³/mol.